The van der Waals surface area contributed by atoms with Crippen molar-refractivity contribution in [3.8, 4) is 0 Å². The number of nitrogens with one attached hydrogen (secondary N) is 2. The highest BCUT2D eigenvalue weighted by molar-refractivity contribution is 7.92. The van der Waals surface area contributed by atoms with Crippen LogP contribution in [0.25, 0.3) is 0 Å². The second-order valence-corrected chi connectivity index (χ2v) is 9.15. The lowest BCUT2D eigenvalue weighted by Gasteiger charge is -2.10. The zero-order chi connectivity index (χ0) is 22.6. The number of benzene rings is 2. The van der Waals surface area contributed by atoms with Gasteiger partial charge in [-0.3, -0.25) is 9.52 Å². The number of rotatable bonds is 7. The molecule has 31 heavy (non-hydrogen) atoms. The van der Waals surface area contributed by atoms with Gasteiger partial charge in [0.05, 0.1) is 22.2 Å². The molecule has 0 spiro atoms. The topological polar surface area (TPSA) is 102 Å². The van der Waals surface area contributed by atoms with Gasteiger partial charge < -0.3 is 10.1 Å². The molecule has 0 fully saturated rings. The molecule has 0 aliphatic carbocycles. The Morgan fingerprint density at radius 3 is 2.55 bits per heavy atom. The van der Waals surface area contributed by atoms with Gasteiger partial charge in [0.1, 0.15) is 10.7 Å². The molecule has 10 heteroatoms. The van der Waals surface area contributed by atoms with E-state index in [9.17, 15) is 22.4 Å². The molecule has 2 aromatic carbocycles. The van der Waals surface area contributed by atoms with Crippen LogP contribution in [0, 0.1) is 12.7 Å². The fourth-order valence-electron chi connectivity index (χ4n) is 2.68. The minimum Gasteiger partial charge on any atom is -0.462 e. The van der Waals surface area contributed by atoms with Crippen molar-refractivity contribution in [2.75, 3.05) is 16.6 Å². The quantitative estimate of drug-likeness (QED) is 0.506. The molecule has 0 atom stereocenters. The summed E-state index contributed by atoms with van der Waals surface area (Å²) < 4.78 is 46.2. The number of ether oxygens (including phenoxy) is 1. The van der Waals surface area contributed by atoms with Crippen molar-refractivity contribution < 1.29 is 27.1 Å². The van der Waals surface area contributed by atoms with E-state index >= 15 is 0 Å². The summed E-state index contributed by atoms with van der Waals surface area (Å²) in [5, 5.41) is 3.07. The van der Waals surface area contributed by atoms with Gasteiger partial charge in [-0.25, -0.2) is 17.6 Å². The molecule has 1 heterocycles. The van der Waals surface area contributed by atoms with Gasteiger partial charge in [-0.1, -0.05) is 18.2 Å². The zero-order valence-corrected chi connectivity index (χ0v) is 18.3. The number of esters is 1. The van der Waals surface area contributed by atoms with Crippen molar-refractivity contribution in [3.63, 3.8) is 0 Å². The molecular weight excluding hydrogens is 443 g/mol. The molecule has 1 aromatic heterocycles. The number of para-hydroxylation sites is 1. The maximum Gasteiger partial charge on any atom is 0.348 e. The van der Waals surface area contributed by atoms with E-state index in [-0.39, 0.29) is 22.8 Å². The summed E-state index contributed by atoms with van der Waals surface area (Å²) in [5.41, 5.74) is 0.544. The minimum atomic E-state index is -4.11. The van der Waals surface area contributed by atoms with E-state index < -0.39 is 27.7 Å². The Morgan fingerprint density at radius 1 is 1.10 bits per heavy atom. The lowest BCUT2D eigenvalue weighted by atomic mass is 10.2. The van der Waals surface area contributed by atoms with E-state index in [1.54, 1.807) is 19.9 Å². The molecule has 3 rings (SSSR count). The fourth-order valence-corrected chi connectivity index (χ4v) is 4.75. The number of anilines is 2. The predicted octanol–water partition coefficient (Wildman–Crippen LogP) is 4.43. The Hall–Kier alpha value is -3.24. The molecule has 1 amide bonds. The molecule has 0 aliphatic rings. The highest BCUT2D eigenvalue weighted by Gasteiger charge is 2.20. The van der Waals surface area contributed by atoms with Crippen LogP contribution in [0.4, 0.5) is 15.1 Å². The molecule has 0 saturated heterocycles. The number of hydrogen-bond donors (Lipinski definition) is 2. The lowest BCUT2D eigenvalue weighted by molar-refractivity contribution is 0.0531. The van der Waals surface area contributed by atoms with Gasteiger partial charge in [0, 0.05) is 5.56 Å². The molecular formula is C21H19FN2O5S2. The third kappa shape index (κ3) is 5.28. The van der Waals surface area contributed by atoms with E-state index in [1.807, 2.05) is 0 Å². The maximum atomic E-state index is 13.8. The number of halogens is 1. The SMILES string of the molecule is CCOC(=O)c1sc(NC(=O)c2cccc(S(=O)(=O)Nc3ccccc3F)c2)cc1C. The molecule has 162 valence electrons. The van der Waals surface area contributed by atoms with E-state index in [4.69, 9.17) is 4.74 Å². The van der Waals surface area contributed by atoms with E-state index in [1.165, 1.54) is 42.5 Å². The van der Waals surface area contributed by atoms with Crippen LogP contribution >= 0.6 is 11.3 Å². The monoisotopic (exact) mass is 462 g/mol. The Balaban J connectivity index is 1.80. The van der Waals surface area contributed by atoms with Crippen LogP contribution in [0.1, 0.15) is 32.5 Å². The molecule has 0 aliphatic heterocycles. The van der Waals surface area contributed by atoms with Crippen molar-refractivity contribution in [2.45, 2.75) is 18.7 Å². The average molecular weight is 463 g/mol. The van der Waals surface area contributed by atoms with Gasteiger partial charge in [0.2, 0.25) is 0 Å². The average Bonchev–Trinajstić information content (AvgIpc) is 3.10. The van der Waals surface area contributed by atoms with E-state index in [0.29, 0.717) is 15.4 Å². The van der Waals surface area contributed by atoms with Crippen molar-refractivity contribution in [3.05, 3.63) is 76.4 Å². The fraction of sp³-hybridized carbons (Fsp3) is 0.143. The third-order valence-corrected chi connectivity index (χ3v) is 6.64. The first-order chi connectivity index (χ1) is 14.7. The third-order valence-electron chi connectivity index (χ3n) is 4.14. The van der Waals surface area contributed by atoms with Crippen LogP contribution in [0.2, 0.25) is 0 Å². The normalized spacial score (nSPS) is 11.1. The molecule has 0 bridgehead atoms. The van der Waals surface area contributed by atoms with Gasteiger partial charge in [0.25, 0.3) is 15.9 Å². The first kappa shape index (κ1) is 22.4. The number of hydrogen-bond acceptors (Lipinski definition) is 6. The van der Waals surface area contributed by atoms with Crippen LogP contribution in [0.5, 0.6) is 0 Å². The molecule has 0 radical (unpaired) electrons. The molecule has 3 aromatic rings. The molecule has 7 nitrogen and oxygen atoms in total. The van der Waals surface area contributed by atoms with Gasteiger partial charge in [-0.2, -0.15) is 0 Å². The molecule has 2 N–H and O–H groups in total. The number of thiophene rings is 1. The smallest absolute Gasteiger partial charge is 0.348 e. The number of sulfonamides is 1. The Bertz CT molecular complexity index is 1240. The largest absolute Gasteiger partial charge is 0.462 e. The van der Waals surface area contributed by atoms with Gasteiger partial charge >= 0.3 is 5.97 Å². The predicted molar refractivity (Wildman–Crippen MR) is 117 cm³/mol. The summed E-state index contributed by atoms with van der Waals surface area (Å²) in [7, 11) is -4.11. The van der Waals surface area contributed by atoms with Crippen molar-refractivity contribution in [1.82, 2.24) is 0 Å². The van der Waals surface area contributed by atoms with E-state index in [0.717, 1.165) is 17.4 Å². The summed E-state index contributed by atoms with van der Waals surface area (Å²) in [6.07, 6.45) is 0. The Labute approximate surface area is 182 Å². The van der Waals surface area contributed by atoms with Crippen molar-refractivity contribution >= 4 is 43.9 Å². The molecule has 0 unspecified atom stereocenters. The van der Waals surface area contributed by atoms with Crippen LogP contribution < -0.4 is 10.0 Å². The summed E-state index contributed by atoms with van der Waals surface area (Å²) in [5.74, 6) is -1.75. The van der Waals surface area contributed by atoms with Crippen LogP contribution in [0.3, 0.4) is 0 Å². The number of carbonyl (C=O) groups is 2. The summed E-state index contributed by atoms with van der Waals surface area (Å²) in [6.45, 7) is 3.66. The number of aryl methyl sites for hydroxylation is 1. The molecule has 0 saturated carbocycles. The zero-order valence-electron chi connectivity index (χ0n) is 16.6. The highest BCUT2D eigenvalue weighted by Crippen LogP contribution is 2.28. The van der Waals surface area contributed by atoms with Crippen molar-refractivity contribution in [2.24, 2.45) is 0 Å². The summed E-state index contributed by atoms with van der Waals surface area (Å²) in [4.78, 5) is 24.7. The van der Waals surface area contributed by atoms with Gasteiger partial charge in [-0.05, 0) is 55.8 Å². The summed E-state index contributed by atoms with van der Waals surface area (Å²) >= 11 is 1.06. The lowest BCUT2D eigenvalue weighted by Crippen LogP contribution is -2.16. The summed E-state index contributed by atoms with van der Waals surface area (Å²) in [6, 6.07) is 12.3. The van der Waals surface area contributed by atoms with Crippen LogP contribution in [-0.4, -0.2) is 26.9 Å². The minimum absolute atomic E-state index is 0.0835. The Kier molecular flexibility index (Phi) is 6.71. The first-order valence-corrected chi connectivity index (χ1v) is 11.5. The van der Waals surface area contributed by atoms with Crippen LogP contribution in [-0.2, 0) is 14.8 Å². The number of amides is 1. The maximum absolute atomic E-state index is 13.8. The van der Waals surface area contributed by atoms with Crippen LogP contribution in [0.15, 0.2) is 59.5 Å². The van der Waals surface area contributed by atoms with Crippen molar-refractivity contribution in [1.29, 1.82) is 0 Å². The Morgan fingerprint density at radius 2 is 1.84 bits per heavy atom. The van der Waals surface area contributed by atoms with Gasteiger partial charge in [0.15, 0.2) is 0 Å². The van der Waals surface area contributed by atoms with Gasteiger partial charge in [-0.15, -0.1) is 11.3 Å². The second-order valence-electron chi connectivity index (χ2n) is 6.41. The first-order valence-electron chi connectivity index (χ1n) is 9.17. The number of carbonyl (C=O) groups excluding carboxylic acids is 2. The second kappa shape index (κ2) is 9.27. The van der Waals surface area contributed by atoms with E-state index in [2.05, 4.69) is 10.0 Å². The highest BCUT2D eigenvalue weighted by atomic mass is 32.2. The standard InChI is InChI=1S/C21H19FN2O5S2/c1-3-29-21(26)19-13(2)11-18(30-19)23-20(25)14-7-6-8-15(12-14)31(27,28)24-17-10-5-4-9-16(17)22/h4-12,24H,3H2,1-2H3,(H,23,25).